The second-order valence-corrected chi connectivity index (χ2v) is 9.68. The van der Waals surface area contributed by atoms with E-state index in [4.69, 9.17) is 9.97 Å². The number of benzene rings is 3. The molecule has 162 valence electrons. The fraction of sp³-hybridized carbons (Fsp3) is 0.0645. The zero-order valence-electron chi connectivity index (χ0n) is 18.8. The van der Waals surface area contributed by atoms with Crippen LogP contribution in [0.1, 0.15) is 22.3 Å². The van der Waals surface area contributed by atoms with Gasteiger partial charge in [0.1, 0.15) is 11.3 Å². The van der Waals surface area contributed by atoms with E-state index in [9.17, 15) is 0 Å². The highest BCUT2D eigenvalue weighted by atomic mass is 15.1. The number of hydrogen-bond acceptors (Lipinski definition) is 3. The molecule has 7 aromatic rings. The monoisotopic (exact) mass is 446 g/mol. The van der Waals surface area contributed by atoms with Crippen molar-refractivity contribution >= 4 is 38.6 Å². The van der Waals surface area contributed by atoms with Gasteiger partial charge < -0.3 is 0 Å². The first kappa shape index (κ1) is 17.8. The molecule has 4 aromatic heterocycles. The van der Waals surface area contributed by atoms with Gasteiger partial charge in [0.2, 0.25) is 0 Å². The number of fused-ring (bicyclic) bond motifs is 15. The molecule has 4 heteroatoms. The molecule has 0 bridgehead atoms. The summed E-state index contributed by atoms with van der Waals surface area (Å²) in [5.74, 6) is 0. The van der Waals surface area contributed by atoms with Gasteiger partial charge in [-0.3, -0.25) is 4.40 Å². The Balaban J connectivity index is 1.42. The Bertz CT molecular complexity index is 2070. The standard InChI is InChI=1S/C31H18N4/c1-2-6-20-17(5-1)14-25-21(20)10-9-18-13-19-15-24-22-7-3-12-33-30(22)35-27-8-4-11-32-29(27)34-31(35)26(24)16-23(19)28(18)25/h1-12,15-16H,13-14H2. The van der Waals surface area contributed by atoms with E-state index in [0.29, 0.717) is 0 Å². The number of pyridine rings is 3. The van der Waals surface area contributed by atoms with Gasteiger partial charge in [-0.2, -0.15) is 0 Å². The van der Waals surface area contributed by atoms with Gasteiger partial charge in [-0.05, 0) is 99.1 Å². The molecule has 0 spiro atoms. The highest BCUT2D eigenvalue weighted by molar-refractivity contribution is 6.14. The van der Waals surface area contributed by atoms with E-state index in [0.717, 1.165) is 46.1 Å². The summed E-state index contributed by atoms with van der Waals surface area (Å²) in [7, 11) is 0. The first-order valence-corrected chi connectivity index (χ1v) is 12.0. The highest BCUT2D eigenvalue weighted by Crippen LogP contribution is 2.49. The van der Waals surface area contributed by atoms with Crippen LogP contribution < -0.4 is 0 Å². The predicted molar refractivity (Wildman–Crippen MR) is 140 cm³/mol. The molecular formula is C31H18N4. The first-order chi connectivity index (χ1) is 17.3. The Morgan fingerprint density at radius 2 is 1.51 bits per heavy atom. The molecular weight excluding hydrogens is 428 g/mol. The third-order valence-corrected chi connectivity index (χ3v) is 7.93. The molecule has 2 aliphatic rings. The van der Waals surface area contributed by atoms with Gasteiger partial charge in [-0.25, -0.2) is 15.0 Å². The van der Waals surface area contributed by atoms with Crippen molar-refractivity contribution in [1.82, 2.24) is 19.4 Å². The van der Waals surface area contributed by atoms with Crippen LogP contribution in [0.5, 0.6) is 0 Å². The molecule has 35 heavy (non-hydrogen) atoms. The second kappa shape index (κ2) is 6.10. The van der Waals surface area contributed by atoms with Crippen molar-refractivity contribution in [1.29, 1.82) is 0 Å². The van der Waals surface area contributed by atoms with Crippen molar-refractivity contribution in [3.63, 3.8) is 0 Å². The SMILES string of the molecule is c1ccc2c(c1)Cc1c-2ccc2c1-c1cc3c(cc1C2)c1cccnc1n1c2cccnc2nc31. The third-order valence-electron chi connectivity index (χ3n) is 7.93. The van der Waals surface area contributed by atoms with Gasteiger partial charge in [0.15, 0.2) is 5.65 Å². The van der Waals surface area contributed by atoms with Gasteiger partial charge in [-0.15, -0.1) is 0 Å². The molecule has 0 fully saturated rings. The minimum absolute atomic E-state index is 0.754. The smallest absolute Gasteiger partial charge is 0.178 e. The van der Waals surface area contributed by atoms with Crippen molar-refractivity contribution in [3.8, 4) is 22.3 Å². The highest BCUT2D eigenvalue weighted by Gasteiger charge is 2.29. The summed E-state index contributed by atoms with van der Waals surface area (Å²) in [6.45, 7) is 0. The average Bonchev–Trinajstić information content (AvgIpc) is 3.58. The molecule has 0 atom stereocenters. The minimum Gasteiger partial charge on any atom is -0.274 e. The van der Waals surface area contributed by atoms with Crippen molar-refractivity contribution < 1.29 is 0 Å². The third kappa shape index (κ3) is 2.15. The van der Waals surface area contributed by atoms with Gasteiger partial charge in [0.05, 0.1) is 5.52 Å². The van der Waals surface area contributed by atoms with E-state index in [1.54, 1.807) is 0 Å². The normalized spacial score (nSPS) is 13.5. The van der Waals surface area contributed by atoms with Crippen LogP contribution >= 0.6 is 0 Å². The number of rotatable bonds is 0. The van der Waals surface area contributed by atoms with E-state index >= 15 is 0 Å². The molecule has 2 aliphatic carbocycles. The maximum atomic E-state index is 4.99. The van der Waals surface area contributed by atoms with E-state index in [1.807, 2.05) is 24.5 Å². The van der Waals surface area contributed by atoms with Crippen molar-refractivity contribution in [2.75, 3.05) is 0 Å². The first-order valence-electron chi connectivity index (χ1n) is 12.0. The van der Waals surface area contributed by atoms with Crippen LogP contribution in [0, 0.1) is 0 Å². The topological polar surface area (TPSA) is 43.1 Å². The van der Waals surface area contributed by atoms with Gasteiger partial charge in [-0.1, -0.05) is 36.4 Å². The molecule has 3 aromatic carbocycles. The molecule has 0 saturated carbocycles. The van der Waals surface area contributed by atoms with Crippen molar-refractivity contribution in [2.45, 2.75) is 12.8 Å². The summed E-state index contributed by atoms with van der Waals surface area (Å²) in [5.41, 5.74) is 14.8. The molecule has 0 N–H and O–H groups in total. The molecule has 0 aliphatic heterocycles. The Labute approximate surface area is 200 Å². The van der Waals surface area contributed by atoms with E-state index < -0.39 is 0 Å². The molecule has 4 heterocycles. The van der Waals surface area contributed by atoms with Crippen LogP contribution in [-0.2, 0) is 12.8 Å². The Kier molecular flexibility index (Phi) is 3.11. The summed E-state index contributed by atoms with van der Waals surface area (Å²) < 4.78 is 2.17. The molecule has 0 amide bonds. The number of imidazole rings is 1. The van der Waals surface area contributed by atoms with Crippen molar-refractivity contribution in [2.24, 2.45) is 0 Å². The predicted octanol–water partition coefficient (Wildman–Crippen LogP) is 6.73. The summed E-state index contributed by atoms with van der Waals surface area (Å²) >= 11 is 0. The second-order valence-electron chi connectivity index (χ2n) is 9.68. The maximum Gasteiger partial charge on any atom is 0.178 e. The van der Waals surface area contributed by atoms with Gasteiger partial charge >= 0.3 is 0 Å². The summed E-state index contributed by atoms with van der Waals surface area (Å²) in [6.07, 6.45) is 5.64. The molecule has 0 saturated heterocycles. The fourth-order valence-corrected chi connectivity index (χ4v) is 6.47. The summed E-state index contributed by atoms with van der Waals surface area (Å²) in [4.78, 5) is 14.3. The Morgan fingerprint density at radius 3 is 2.51 bits per heavy atom. The zero-order valence-corrected chi connectivity index (χ0v) is 18.8. The van der Waals surface area contributed by atoms with Gasteiger partial charge in [0.25, 0.3) is 0 Å². The van der Waals surface area contributed by atoms with Crippen LogP contribution in [-0.4, -0.2) is 19.4 Å². The Morgan fingerprint density at radius 1 is 0.600 bits per heavy atom. The van der Waals surface area contributed by atoms with Crippen LogP contribution in [0.2, 0.25) is 0 Å². The number of hydrogen-bond donors (Lipinski definition) is 0. The molecule has 0 unspecified atom stereocenters. The Hall–Kier alpha value is -4.57. The minimum atomic E-state index is 0.754. The lowest BCUT2D eigenvalue weighted by molar-refractivity contribution is 1.23. The van der Waals surface area contributed by atoms with Crippen LogP contribution in [0.15, 0.2) is 85.2 Å². The molecule has 4 nitrogen and oxygen atoms in total. The fourth-order valence-electron chi connectivity index (χ4n) is 6.47. The number of nitrogens with zero attached hydrogens (tertiary/aromatic N) is 4. The van der Waals surface area contributed by atoms with E-state index in [1.165, 1.54) is 49.9 Å². The van der Waals surface area contributed by atoms with Crippen molar-refractivity contribution in [3.05, 3.63) is 107 Å². The van der Waals surface area contributed by atoms with Gasteiger partial charge in [0, 0.05) is 23.2 Å². The summed E-state index contributed by atoms with van der Waals surface area (Å²) in [5, 5.41) is 3.51. The lowest BCUT2D eigenvalue weighted by atomic mass is 9.94. The van der Waals surface area contributed by atoms with Crippen LogP contribution in [0.25, 0.3) is 60.9 Å². The summed E-state index contributed by atoms with van der Waals surface area (Å²) in [6, 6.07) is 26.5. The van der Waals surface area contributed by atoms with E-state index in [-0.39, 0.29) is 0 Å². The quantitative estimate of drug-likeness (QED) is 0.243. The lowest BCUT2D eigenvalue weighted by Crippen LogP contribution is -1.95. The van der Waals surface area contributed by atoms with Crippen LogP contribution in [0.3, 0.4) is 0 Å². The zero-order chi connectivity index (χ0) is 22.7. The maximum absolute atomic E-state index is 4.99. The average molecular weight is 447 g/mol. The van der Waals surface area contributed by atoms with Crippen LogP contribution in [0.4, 0.5) is 0 Å². The molecule has 0 radical (unpaired) electrons. The number of aromatic nitrogens is 4. The molecule has 9 rings (SSSR count). The lowest BCUT2D eigenvalue weighted by Gasteiger charge is -2.12. The largest absolute Gasteiger partial charge is 0.274 e. The van der Waals surface area contributed by atoms with E-state index in [2.05, 4.69) is 70.0 Å².